The molecule has 0 radical (unpaired) electrons. The third-order valence-electron chi connectivity index (χ3n) is 11.8. The first kappa shape index (κ1) is 37.9. The molecule has 0 unspecified atom stereocenters. The van der Waals surface area contributed by atoms with E-state index in [1.165, 1.54) is 77.2 Å². The molecule has 9 rings (SSSR count). The molecule has 9 aromatic carbocycles. The van der Waals surface area contributed by atoms with Crippen molar-refractivity contribution < 1.29 is 0 Å². The smallest absolute Gasteiger partial charge is 0.0540 e. The summed E-state index contributed by atoms with van der Waals surface area (Å²) in [5.74, 6) is 0. The Morgan fingerprint density at radius 2 is 0.814 bits per heavy atom. The second-order valence-corrected chi connectivity index (χ2v) is 17.9. The molecule has 0 heterocycles. The molecule has 1 heteroatoms. The zero-order valence-electron chi connectivity index (χ0n) is 35.0. The minimum Gasteiger partial charge on any atom is -0.309 e. The number of fused-ring (bicyclic) bond motifs is 2. The molecule has 0 aromatic heterocycles. The molecule has 0 aliphatic carbocycles. The Labute approximate surface area is 350 Å². The van der Waals surface area contributed by atoms with Gasteiger partial charge in [-0.1, -0.05) is 211 Å². The van der Waals surface area contributed by atoms with Gasteiger partial charge in [-0.3, -0.25) is 0 Å². The summed E-state index contributed by atoms with van der Waals surface area (Å²) in [6.45, 7) is 13.9. The Hall–Kier alpha value is -6.70. The highest BCUT2D eigenvalue weighted by atomic mass is 15.1. The number of nitrogens with zero attached hydrogens (tertiary/aromatic N) is 1. The molecule has 9 aromatic rings. The highest BCUT2D eigenvalue weighted by molar-refractivity contribution is 6.09. The molecular formula is C58H51N. The van der Waals surface area contributed by atoms with E-state index in [0.29, 0.717) is 0 Å². The topological polar surface area (TPSA) is 3.24 Å². The van der Waals surface area contributed by atoms with Crippen LogP contribution in [0.5, 0.6) is 0 Å². The van der Waals surface area contributed by atoms with Crippen LogP contribution in [-0.4, -0.2) is 0 Å². The van der Waals surface area contributed by atoms with Crippen LogP contribution in [0.15, 0.2) is 200 Å². The third-order valence-corrected chi connectivity index (χ3v) is 11.8. The zero-order valence-corrected chi connectivity index (χ0v) is 35.0. The van der Waals surface area contributed by atoms with Crippen molar-refractivity contribution in [3.8, 4) is 44.5 Å². The first-order chi connectivity index (χ1) is 28.5. The van der Waals surface area contributed by atoms with Crippen molar-refractivity contribution in [2.24, 2.45) is 0 Å². The lowest BCUT2D eigenvalue weighted by atomic mass is 9.78. The quantitative estimate of drug-likeness (QED) is 0.156. The molecule has 0 amide bonds. The summed E-state index contributed by atoms with van der Waals surface area (Å²) in [6.07, 6.45) is 0. The van der Waals surface area contributed by atoms with Crippen LogP contribution in [-0.2, 0) is 10.8 Å². The van der Waals surface area contributed by atoms with Gasteiger partial charge in [0.2, 0.25) is 0 Å². The van der Waals surface area contributed by atoms with Gasteiger partial charge < -0.3 is 4.90 Å². The van der Waals surface area contributed by atoms with Crippen molar-refractivity contribution in [3.05, 3.63) is 211 Å². The maximum atomic E-state index is 2.49. The van der Waals surface area contributed by atoms with Gasteiger partial charge in [-0.15, -0.1) is 0 Å². The van der Waals surface area contributed by atoms with Gasteiger partial charge in [-0.25, -0.2) is 0 Å². The molecule has 0 bridgehead atoms. The number of hydrogen-bond acceptors (Lipinski definition) is 1. The summed E-state index contributed by atoms with van der Waals surface area (Å²) in [6, 6.07) is 73.8. The maximum absolute atomic E-state index is 2.49. The largest absolute Gasteiger partial charge is 0.309 e. The number of anilines is 3. The van der Waals surface area contributed by atoms with Gasteiger partial charge in [0.1, 0.15) is 0 Å². The number of hydrogen-bond donors (Lipinski definition) is 0. The van der Waals surface area contributed by atoms with E-state index in [9.17, 15) is 0 Å². The minimum atomic E-state index is -0.0132. The average Bonchev–Trinajstić information content (AvgIpc) is 3.26. The van der Waals surface area contributed by atoms with Crippen LogP contribution in [0, 0.1) is 0 Å². The van der Waals surface area contributed by atoms with Crippen LogP contribution in [0.3, 0.4) is 0 Å². The Kier molecular flexibility index (Phi) is 9.77. The molecule has 1 nitrogen and oxygen atoms in total. The summed E-state index contributed by atoms with van der Waals surface area (Å²) in [7, 11) is 0. The highest BCUT2D eigenvalue weighted by Crippen LogP contribution is 2.48. The Morgan fingerprint density at radius 3 is 1.47 bits per heavy atom. The molecule has 0 saturated carbocycles. The SMILES string of the molecule is CC(C)(C)c1cc(-c2ccccc2N(c2ccc(-c3ccc4ccccc4c3)cc2)c2ccccc2-c2cccc3cccc(-c4ccccc4)c23)cc(C(C)(C)C)c1. The minimum absolute atomic E-state index is 0.0132. The van der Waals surface area contributed by atoms with Gasteiger partial charge in [0.05, 0.1) is 11.4 Å². The predicted octanol–water partition coefficient (Wildman–Crippen LogP) is 16.7. The zero-order chi connectivity index (χ0) is 40.7. The number of para-hydroxylation sites is 2. The van der Waals surface area contributed by atoms with E-state index in [2.05, 4.69) is 247 Å². The third kappa shape index (κ3) is 7.46. The lowest BCUT2D eigenvalue weighted by molar-refractivity contribution is 0.569. The van der Waals surface area contributed by atoms with Crippen molar-refractivity contribution in [3.63, 3.8) is 0 Å². The van der Waals surface area contributed by atoms with Crippen LogP contribution in [0.2, 0.25) is 0 Å². The molecule has 0 spiro atoms. The van der Waals surface area contributed by atoms with Crippen molar-refractivity contribution in [2.45, 2.75) is 52.4 Å². The molecule has 0 aliphatic rings. The molecule has 0 N–H and O–H groups in total. The average molecular weight is 762 g/mol. The standard InChI is InChI=1S/C58H51N/c1-57(2,3)47-37-46(38-48(39-47)58(4,5)6)50-24-12-14-28-54(50)59(49-34-32-41(33-35-49)45-31-30-40-18-10-11-21-44(40)36-45)55-29-15-13-25-52(55)53-27-17-23-43-22-16-26-51(56(43)53)42-19-8-7-9-20-42/h7-39H,1-6H3. The fraction of sp³-hybridized carbons (Fsp3) is 0.138. The van der Waals surface area contributed by atoms with Gasteiger partial charge in [-0.05, 0) is 107 Å². The summed E-state index contributed by atoms with van der Waals surface area (Å²) in [5.41, 5.74) is 15.6. The van der Waals surface area contributed by atoms with Gasteiger partial charge in [0.15, 0.2) is 0 Å². The summed E-state index contributed by atoms with van der Waals surface area (Å²) in [5, 5.41) is 4.97. The van der Waals surface area contributed by atoms with E-state index in [4.69, 9.17) is 0 Å². The van der Waals surface area contributed by atoms with E-state index in [0.717, 1.165) is 17.1 Å². The molecule has 288 valence electrons. The lowest BCUT2D eigenvalue weighted by Crippen LogP contribution is -2.17. The lowest BCUT2D eigenvalue weighted by Gasteiger charge is -2.31. The van der Waals surface area contributed by atoms with Crippen LogP contribution in [0.25, 0.3) is 66.1 Å². The molecule has 0 atom stereocenters. The normalized spacial score (nSPS) is 11.9. The number of rotatable bonds is 7. The maximum Gasteiger partial charge on any atom is 0.0540 e. The second kappa shape index (κ2) is 15.2. The first-order valence-corrected chi connectivity index (χ1v) is 20.8. The van der Waals surface area contributed by atoms with Crippen molar-refractivity contribution in [1.82, 2.24) is 0 Å². The van der Waals surface area contributed by atoms with E-state index >= 15 is 0 Å². The highest BCUT2D eigenvalue weighted by Gasteiger charge is 2.25. The fourth-order valence-electron chi connectivity index (χ4n) is 8.46. The Morgan fingerprint density at radius 1 is 0.305 bits per heavy atom. The van der Waals surface area contributed by atoms with Crippen molar-refractivity contribution in [1.29, 1.82) is 0 Å². The van der Waals surface area contributed by atoms with Gasteiger partial charge >= 0.3 is 0 Å². The van der Waals surface area contributed by atoms with Gasteiger partial charge in [0, 0.05) is 16.8 Å². The van der Waals surface area contributed by atoms with E-state index < -0.39 is 0 Å². The first-order valence-electron chi connectivity index (χ1n) is 20.8. The fourth-order valence-corrected chi connectivity index (χ4v) is 8.46. The molecule has 0 aliphatic heterocycles. The Balaban J connectivity index is 1.29. The van der Waals surface area contributed by atoms with Crippen LogP contribution in [0.4, 0.5) is 17.1 Å². The summed E-state index contributed by atoms with van der Waals surface area (Å²) < 4.78 is 0. The van der Waals surface area contributed by atoms with Crippen molar-refractivity contribution >= 4 is 38.6 Å². The van der Waals surface area contributed by atoms with E-state index in [-0.39, 0.29) is 10.8 Å². The van der Waals surface area contributed by atoms with Crippen LogP contribution < -0.4 is 4.90 Å². The van der Waals surface area contributed by atoms with E-state index in [1.54, 1.807) is 0 Å². The summed E-state index contributed by atoms with van der Waals surface area (Å²) >= 11 is 0. The van der Waals surface area contributed by atoms with Gasteiger partial charge in [0.25, 0.3) is 0 Å². The van der Waals surface area contributed by atoms with E-state index in [1.807, 2.05) is 0 Å². The van der Waals surface area contributed by atoms with Crippen LogP contribution in [0.1, 0.15) is 52.7 Å². The van der Waals surface area contributed by atoms with Crippen LogP contribution >= 0.6 is 0 Å². The Bertz CT molecular complexity index is 2900. The molecular weight excluding hydrogens is 711 g/mol. The molecule has 59 heavy (non-hydrogen) atoms. The summed E-state index contributed by atoms with van der Waals surface area (Å²) in [4.78, 5) is 2.49. The molecule has 0 fully saturated rings. The van der Waals surface area contributed by atoms with Gasteiger partial charge in [-0.2, -0.15) is 0 Å². The van der Waals surface area contributed by atoms with Crippen molar-refractivity contribution in [2.75, 3.05) is 4.90 Å². The monoisotopic (exact) mass is 761 g/mol. The predicted molar refractivity (Wildman–Crippen MR) is 255 cm³/mol. The second-order valence-electron chi connectivity index (χ2n) is 17.9. The molecule has 0 saturated heterocycles. The number of benzene rings is 9.